The van der Waals surface area contributed by atoms with Gasteiger partial charge in [0.1, 0.15) is 0 Å². The van der Waals surface area contributed by atoms with E-state index >= 15 is 0 Å². The van der Waals surface area contributed by atoms with Gasteiger partial charge in [0.15, 0.2) is 16.7 Å². The Morgan fingerprint density at radius 1 is 1.42 bits per heavy atom. The summed E-state index contributed by atoms with van der Waals surface area (Å²) < 4.78 is 60.4. The number of esters is 1. The highest BCUT2D eigenvalue weighted by atomic mass is 32.2. The summed E-state index contributed by atoms with van der Waals surface area (Å²) in [6.07, 6.45) is 1.30. The van der Waals surface area contributed by atoms with Crippen molar-refractivity contribution in [1.82, 2.24) is 0 Å². The fourth-order valence-corrected chi connectivity index (χ4v) is 1.36. The molecule has 0 fully saturated rings. The molecule has 0 bridgehead atoms. The summed E-state index contributed by atoms with van der Waals surface area (Å²) in [5.74, 6) is -1.17. The maximum Gasteiger partial charge on any atom is 0.367 e. The number of rotatable bonds is 5. The van der Waals surface area contributed by atoms with Crippen molar-refractivity contribution < 1.29 is 31.3 Å². The third kappa shape index (κ3) is 3.58. The lowest BCUT2D eigenvalue weighted by molar-refractivity contribution is -0.00998. The van der Waals surface area contributed by atoms with Crippen molar-refractivity contribution in [3.8, 4) is 0 Å². The second-order valence-electron chi connectivity index (χ2n) is 3.46. The number of carbonyl (C=O) groups is 1. The summed E-state index contributed by atoms with van der Waals surface area (Å²) in [4.78, 5) is 11.5. The molecule has 1 aromatic rings. The van der Waals surface area contributed by atoms with E-state index in [1.807, 2.05) is 0 Å². The van der Waals surface area contributed by atoms with Crippen molar-refractivity contribution in [2.45, 2.75) is 5.25 Å². The zero-order chi connectivity index (χ0) is 14.7. The zero-order valence-electron chi connectivity index (χ0n) is 9.51. The molecule has 0 unspecified atom stereocenters. The summed E-state index contributed by atoms with van der Waals surface area (Å²) in [5.41, 5.74) is 0.275. The molecule has 0 atom stereocenters. The van der Waals surface area contributed by atoms with E-state index in [0.29, 0.717) is 5.56 Å². The Hall–Kier alpha value is -1.80. The van der Waals surface area contributed by atoms with Gasteiger partial charge in [0.25, 0.3) is 0 Å². The molecule has 0 amide bonds. The predicted octanol–water partition coefficient (Wildman–Crippen LogP) is 1.62. The molecule has 8 heteroatoms. The Morgan fingerprint density at radius 2 is 2.00 bits per heavy atom. The normalized spacial score (nSPS) is 11.9. The molecule has 5 nitrogen and oxygen atoms in total. The van der Waals surface area contributed by atoms with Crippen LogP contribution in [-0.2, 0) is 14.9 Å². The quantitative estimate of drug-likeness (QED) is 0.608. The van der Waals surface area contributed by atoms with Crippen LogP contribution >= 0.6 is 0 Å². The first kappa shape index (κ1) is 15.3. The third-order valence-corrected chi connectivity index (χ3v) is 2.99. The van der Waals surface area contributed by atoms with Crippen molar-refractivity contribution in [3.63, 3.8) is 0 Å². The fourth-order valence-electron chi connectivity index (χ4n) is 1.16. The van der Waals surface area contributed by atoms with Crippen molar-refractivity contribution in [2.24, 2.45) is 0 Å². The average Bonchev–Trinajstić information content (AvgIpc) is 2.34. The average molecular weight is 291 g/mol. The number of halogens is 2. The van der Waals surface area contributed by atoms with Crippen molar-refractivity contribution >= 4 is 22.2 Å². The molecule has 0 aromatic heterocycles. The highest BCUT2D eigenvalue weighted by molar-refractivity contribution is 7.86. The van der Waals surface area contributed by atoms with Gasteiger partial charge >= 0.3 is 11.2 Å². The van der Waals surface area contributed by atoms with Gasteiger partial charge in [-0.3, -0.25) is 0 Å². The summed E-state index contributed by atoms with van der Waals surface area (Å²) >= 11 is 0. The van der Waals surface area contributed by atoms with E-state index in [0.717, 1.165) is 0 Å². The van der Waals surface area contributed by atoms with E-state index in [1.54, 1.807) is 6.07 Å². The van der Waals surface area contributed by atoms with Crippen LogP contribution in [0.4, 0.5) is 8.78 Å². The lowest BCUT2D eigenvalue weighted by Crippen LogP contribution is -2.34. The van der Waals surface area contributed by atoms with Crippen LogP contribution in [0.2, 0.25) is 0 Å². The number of hydrogen-bond donors (Lipinski definition) is 0. The van der Waals surface area contributed by atoms with E-state index in [9.17, 15) is 26.5 Å². The number of carbonyl (C=O) groups excluding carboxylic acids is 1. The Morgan fingerprint density at radius 3 is 2.53 bits per heavy atom. The number of benzene rings is 1. The molecule has 104 valence electrons. The van der Waals surface area contributed by atoms with Crippen LogP contribution in [0.5, 0.6) is 0 Å². The zero-order valence-corrected chi connectivity index (χ0v) is 10.3. The maximum atomic E-state index is 12.8. The lowest BCUT2D eigenvalue weighted by Gasteiger charge is -2.19. The first-order valence-corrected chi connectivity index (χ1v) is 6.32. The number of alkyl halides is 2. The van der Waals surface area contributed by atoms with Crippen LogP contribution in [0.1, 0.15) is 15.9 Å². The van der Waals surface area contributed by atoms with Gasteiger partial charge in [0.2, 0.25) is 0 Å². The molecule has 0 aliphatic carbocycles. The summed E-state index contributed by atoms with van der Waals surface area (Å²) in [5, 5.41) is -4.66. The van der Waals surface area contributed by atoms with Crippen molar-refractivity contribution in [2.75, 3.05) is 6.61 Å². The van der Waals surface area contributed by atoms with Gasteiger partial charge < -0.3 is 9.29 Å². The van der Waals surface area contributed by atoms with Gasteiger partial charge in [-0.15, -0.1) is 0 Å². The summed E-state index contributed by atoms with van der Waals surface area (Å²) in [6, 6.07) is 5.84. The smallest absolute Gasteiger partial charge is 0.367 e. The SMILES string of the molecule is C=Cc1ccccc1C(=O)OCC(F)(F)S(=O)(=O)[O-]. The van der Waals surface area contributed by atoms with Crippen molar-refractivity contribution in [1.29, 1.82) is 0 Å². The monoisotopic (exact) mass is 291 g/mol. The minimum Gasteiger partial charge on any atom is -0.743 e. The fraction of sp³-hybridized carbons (Fsp3) is 0.182. The van der Waals surface area contributed by atoms with Gasteiger partial charge in [0, 0.05) is 0 Å². The molecule has 0 saturated heterocycles. The molecule has 0 aliphatic heterocycles. The molecule has 19 heavy (non-hydrogen) atoms. The second kappa shape index (κ2) is 5.45. The third-order valence-electron chi connectivity index (χ3n) is 2.14. The lowest BCUT2D eigenvalue weighted by atomic mass is 10.1. The Kier molecular flexibility index (Phi) is 4.38. The molecule has 0 saturated carbocycles. The van der Waals surface area contributed by atoms with E-state index in [-0.39, 0.29) is 5.56 Å². The number of hydrogen-bond acceptors (Lipinski definition) is 5. The van der Waals surface area contributed by atoms with Crippen LogP contribution < -0.4 is 0 Å². The van der Waals surface area contributed by atoms with Crippen LogP contribution in [-0.4, -0.2) is 30.8 Å². The second-order valence-corrected chi connectivity index (χ2v) is 4.96. The predicted molar refractivity (Wildman–Crippen MR) is 61.5 cm³/mol. The Labute approximate surface area is 108 Å². The van der Waals surface area contributed by atoms with E-state index in [1.165, 1.54) is 24.3 Å². The molecular weight excluding hydrogens is 282 g/mol. The highest BCUT2D eigenvalue weighted by Crippen LogP contribution is 2.21. The standard InChI is InChI=1S/C11H10F2O5S/c1-2-8-5-3-4-6-9(8)10(14)18-7-11(12,13)19(15,16)17/h2-6H,1,7H2,(H,15,16,17)/p-1. The van der Waals surface area contributed by atoms with Crippen LogP contribution in [0, 0.1) is 0 Å². The molecule has 0 spiro atoms. The molecule has 1 aromatic carbocycles. The molecule has 0 N–H and O–H groups in total. The van der Waals surface area contributed by atoms with Crippen LogP contribution in [0.25, 0.3) is 6.08 Å². The minimum atomic E-state index is -5.88. The summed E-state index contributed by atoms with van der Waals surface area (Å²) in [6.45, 7) is 1.59. The molecule has 1 rings (SSSR count). The molecule has 0 heterocycles. The molecule has 0 aliphatic rings. The van der Waals surface area contributed by atoms with Gasteiger partial charge in [-0.25, -0.2) is 13.2 Å². The van der Waals surface area contributed by atoms with Crippen LogP contribution in [0.15, 0.2) is 30.8 Å². The first-order chi connectivity index (χ1) is 8.69. The van der Waals surface area contributed by atoms with E-state index < -0.39 is 27.9 Å². The topological polar surface area (TPSA) is 83.5 Å². The highest BCUT2D eigenvalue weighted by Gasteiger charge is 2.39. The number of ether oxygens (including phenoxy) is 1. The molecular formula is C11H9F2O5S-. The Balaban J connectivity index is 2.85. The van der Waals surface area contributed by atoms with Crippen LogP contribution in [0.3, 0.4) is 0 Å². The van der Waals surface area contributed by atoms with Gasteiger partial charge in [-0.1, -0.05) is 30.9 Å². The van der Waals surface area contributed by atoms with E-state index in [4.69, 9.17) is 0 Å². The molecule has 0 radical (unpaired) electrons. The van der Waals surface area contributed by atoms with Crippen molar-refractivity contribution in [3.05, 3.63) is 42.0 Å². The van der Waals surface area contributed by atoms with Gasteiger partial charge in [-0.05, 0) is 11.6 Å². The maximum absolute atomic E-state index is 12.8. The van der Waals surface area contributed by atoms with Gasteiger partial charge in [0.05, 0.1) is 5.56 Å². The summed E-state index contributed by atoms with van der Waals surface area (Å²) in [7, 11) is -5.88. The Bertz CT molecular complexity index is 595. The van der Waals surface area contributed by atoms with Gasteiger partial charge in [-0.2, -0.15) is 8.78 Å². The van der Waals surface area contributed by atoms with E-state index in [2.05, 4.69) is 11.3 Å². The minimum absolute atomic E-state index is 0.0587. The largest absolute Gasteiger partial charge is 0.743 e. The first-order valence-electron chi connectivity index (χ1n) is 4.91.